The summed E-state index contributed by atoms with van der Waals surface area (Å²) in [4.78, 5) is 0. The summed E-state index contributed by atoms with van der Waals surface area (Å²) in [5.41, 5.74) is 1.34. The molecule has 0 aliphatic carbocycles. The molecule has 0 saturated carbocycles. The predicted octanol–water partition coefficient (Wildman–Crippen LogP) is 3.91. The number of phenolic OH excluding ortho intramolecular Hbond substituents is 1. The predicted molar refractivity (Wildman–Crippen MR) is 76.1 cm³/mol. The Hall–Kier alpha value is -1.75. The second-order valence-corrected chi connectivity index (χ2v) is 4.83. The van der Waals surface area contributed by atoms with Crippen molar-refractivity contribution in [3.8, 4) is 11.5 Å². The maximum Gasteiger partial charge on any atom is 0.125 e. The lowest BCUT2D eigenvalue weighted by Gasteiger charge is -2.11. The molecule has 19 heavy (non-hydrogen) atoms. The number of rotatable bonds is 4. The maximum atomic E-state index is 13.1. The van der Waals surface area contributed by atoms with Gasteiger partial charge >= 0.3 is 0 Å². The number of hydrogen-bond donors (Lipinski definition) is 2. The highest BCUT2D eigenvalue weighted by atomic mass is 79.9. The van der Waals surface area contributed by atoms with Crippen LogP contribution < -0.4 is 10.1 Å². The van der Waals surface area contributed by atoms with Crippen LogP contribution in [-0.2, 0) is 6.54 Å². The first kappa shape index (κ1) is 13.7. The highest BCUT2D eigenvalue weighted by molar-refractivity contribution is 9.10. The minimum Gasteiger partial charge on any atom is -0.507 e. The molecule has 2 aromatic carbocycles. The highest BCUT2D eigenvalue weighted by Gasteiger charge is 2.05. The molecular formula is C14H13BrFNO2. The molecule has 5 heteroatoms. The van der Waals surface area contributed by atoms with Gasteiger partial charge in [0, 0.05) is 22.6 Å². The number of ether oxygens (including phenoxy) is 1. The van der Waals surface area contributed by atoms with Crippen molar-refractivity contribution in [2.24, 2.45) is 0 Å². The van der Waals surface area contributed by atoms with Gasteiger partial charge in [0.25, 0.3) is 0 Å². The van der Waals surface area contributed by atoms with E-state index < -0.39 is 0 Å². The van der Waals surface area contributed by atoms with Gasteiger partial charge in [0.1, 0.15) is 17.3 Å². The number of nitrogens with one attached hydrogen (secondary N) is 1. The number of methoxy groups -OCH3 is 1. The van der Waals surface area contributed by atoms with E-state index in [0.717, 1.165) is 4.47 Å². The largest absolute Gasteiger partial charge is 0.507 e. The zero-order valence-corrected chi connectivity index (χ0v) is 11.9. The Kier molecular flexibility index (Phi) is 4.27. The fourth-order valence-corrected chi connectivity index (χ4v) is 2.03. The van der Waals surface area contributed by atoms with Crippen molar-refractivity contribution >= 4 is 21.6 Å². The molecule has 0 atom stereocenters. The van der Waals surface area contributed by atoms with Crippen LogP contribution in [0.5, 0.6) is 11.5 Å². The first-order valence-corrected chi connectivity index (χ1v) is 6.44. The quantitative estimate of drug-likeness (QED) is 0.895. The molecule has 0 spiro atoms. The van der Waals surface area contributed by atoms with Gasteiger partial charge in [0.2, 0.25) is 0 Å². The van der Waals surface area contributed by atoms with Gasteiger partial charge in [0.05, 0.1) is 12.8 Å². The number of benzene rings is 2. The van der Waals surface area contributed by atoms with Crippen LogP contribution in [0.3, 0.4) is 0 Å². The lowest BCUT2D eigenvalue weighted by Crippen LogP contribution is -2.01. The molecule has 2 aromatic rings. The summed E-state index contributed by atoms with van der Waals surface area (Å²) in [6.45, 7) is 0.387. The summed E-state index contributed by atoms with van der Waals surface area (Å²) in [5, 5.41) is 12.9. The zero-order chi connectivity index (χ0) is 13.8. The molecule has 0 aliphatic rings. The maximum absolute atomic E-state index is 13.1. The normalized spacial score (nSPS) is 10.3. The average Bonchev–Trinajstić information content (AvgIpc) is 2.40. The van der Waals surface area contributed by atoms with E-state index in [-0.39, 0.29) is 11.6 Å². The third-order valence-electron chi connectivity index (χ3n) is 2.69. The third-order valence-corrected chi connectivity index (χ3v) is 3.38. The van der Waals surface area contributed by atoms with Gasteiger partial charge in [-0.2, -0.15) is 0 Å². The molecule has 100 valence electrons. The van der Waals surface area contributed by atoms with E-state index in [0.29, 0.717) is 23.5 Å². The first-order chi connectivity index (χ1) is 9.10. The van der Waals surface area contributed by atoms with Crippen LogP contribution in [0.4, 0.5) is 10.1 Å². The molecular weight excluding hydrogens is 313 g/mol. The number of phenols is 1. The third kappa shape index (κ3) is 3.38. The van der Waals surface area contributed by atoms with Gasteiger partial charge in [-0.1, -0.05) is 0 Å². The second-order valence-electron chi connectivity index (χ2n) is 3.97. The molecule has 2 rings (SSSR count). The molecule has 2 N–H and O–H groups in total. The van der Waals surface area contributed by atoms with E-state index in [1.807, 2.05) is 0 Å². The molecule has 0 saturated heterocycles. The second kappa shape index (κ2) is 5.93. The Morgan fingerprint density at radius 1 is 1.26 bits per heavy atom. The molecule has 0 bridgehead atoms. The summed E-state index contributed by atoms with van der Waals surface area (Å²) in [7, 11) is 1.54. The van der Waals surface area contributed by atoms with Crippen molar-refractivity contribution in [2.45, 2.75) is 6.54 Å². The van der Waals surface area contributed by atoms with Crippen LogP contribution in [0.25, 0.3) is 0 Å². The number of aromatic hydroxyl groups is 1. The minimum absolute atomic E-state index is 0.138. The number of anilines is 1. The zero-order valence-electron chi connectivity index (χ0n) is 10.3. The Balaban J connectivity index is 2.12. The van der Waals surface area contributed by atoms with Gasteiger partial charge in [-0.05, 0) is 46.3 Å². The van der Waals surface area contributed by atoms with Crippen LogP contribution in [0, 0.1) is 5.82 Å². The highest BCUT2D eigenvalue weighted by Crippen LogP contribution is 2.27. The summed E-state index contributed by atoms with van der Waals surface area (Å²) < 4.78 is 18.9. The summed E-state index contributed by atoms with van der Waals surface area (Å²) >= 11 is 3.33. The van der Waals surface area contributed by atoms with E-state index in [9.17, 15) is 9.50 Å². The van der Waals surface area contributed by atoms with Crippen molar-refractivity contribution in [3.63, 3.8) is 0 Å². The lowest BCUT2D eigenvalue weighted by atomic mass is 10.2. The van der Waals surface area contributed by atoms with E-state index in [2.05, 4.69) is 21.2 Å². The smallest absolute Gasteiger partial charge is 0.125 e. The van der Waals surface area contributed by atoms with Crippen molar-refractivity contribution in [1.29, 1.82) is 0 Å². The molecule has 3 nitrogen and oxygen atoms in total. The van der Waals surface area contributed by atoms with E-state index in [4.69, 9.17) is 4.74 Å². The topological polar surface area (TPSA) is 41.5 Å². The average molecular weight is 326 g/mol. The van der Waals surface area contributed by atoms with Crippen molar-refractivity contribution in [3.05, 3.63) is 52.3 Å². The molecule has 0 radical (unpaired) electrons. The van der Waals surface area contributed by atoms with E-state index in [1.54, 1.807) is 18.2 Å². The molecule has 0 unspecified atom stereocenters. The van der Waals surface area contributed by atoms with Crippen molar-refractivity contribution in [1.82, 2.24) is 0 Å². The van der Waals surface area contributed by atoms with Gasteiger partial charge < -0.3 is 15.2 Å². The number of halogens is 2. The Bertz CT molecular complexity index is 590. The fraction of sp³-hybridized carbons (Fsp3) is 0.143. The molecule has 0 amide bonds. The summed E-state index contributed by atoms with van der Waals surface area (Å²) in [6.07, 6.45) is 0. The number of hydrogen-bond acceptors (Lipinski definition) is 3. The SMILES string of the molecule is COc1ccc(CNc2cc(F)ccc2Br)c(O)c1. The molecule has 0 aliphatic heterocycles. The van der Waals surface area contributed by atoms with Crippen molar-refractivity contribution in [2.75, 3.05) is 12.4 Å². The van der Waals surface area contributed by atoms with Crippen LogP contribution in [-0.4, -0.2) is 12.2 Å². The standard InChI is InChI=1S/C14H13BrFNO2/c1-19-11-4-2-9(14(18)7-11)8-17-13-6-10(16)3-5-12(13)15/h2-7,17-18H,8H2,1H3. The van der Waals surface area contributed by atoms with E-state index >= 15 is 0 Å². The van der Waals surface area contributed by atoms with Crippen LogP contribution in [0.1, 0.15) is 5.56 Å². The Labute approximate surface area is 119 Å². The molecule has 0 fully saturated rings. The van der Waals surface area contributed by atoms with Gasteiger partial charge in [-0.25, -0.2) is 4.39 Å². The van der Waals surface area contributed by atoms with Crippen LogP contribution in [0.2, 0.25) is 0 Å². The molecule has 0 aromatic heterocycles. The minimum atomic E-state index is -0.315. The Morgan fingerprint density at radius 2 is 2.05 bits per heavy atom. The van der Waals surface area contributed by atoms with Gasteiger partial charge in [-0.15, -0.1) is 0 Å². The van der Waals surface area contributed by atoms with Crippen LogP contribution in [0.15, 0.2) is 40.9 Å². The van der Waals surface area contributed by atoms with E-state index in [1.165, 1.54) is 25.3 Å². The first-order valence-electron chi connectivity index (χ1n) is 5.65. The van der Waals surface area contributed by atoms with Crippen LogP contribution >= 0.6 is 15.9 Å². The summed E-state index contributed by atoms with van der Waals surface area (Å²) in [5.74, 6) is 0.414. The van der Waals surface area contributed by atoms with Crippen molar-refractivity contribution < 1.29 is 14.2 Å². The Morgan fingerprint density at radius 3 is 2.74 bits per heavy atom. The summed E-state index contributed by atoms with van der Waals surface area (Å²) in [6, 6.07) is 9.46. The molecule has 0 heterocycles. The lowest BCUT2D eigenvalue weighted by molar-refractivity contribution is 0.406. The fourth-order valence-electron chi connectivity index (χ4n) is 1.64. The van der Waals surface area contributed by atoms with Gasteiger partial charge in [-0.3, -0.25) is 0 Å². The van der Waals surface area contributed by atoms with Gasteiger partial charge in [0.15, 0.2) is 0 Å². The monoisotopic (exact) mass is 325 g/mol.